The lowest BCUT2D eigenvalue weighted by Crippen LogP contribution is -2.32. The molecule has 0 radical (unpaired) electrons. The van der Waals surface area contributed by atoms with Crippen LogP contribution in [0.3, 0.4) is 0 Å². The van der Waals surface area contributed by atoms with Crippen molar-refractivity contribution in [3.05, 3.63) is 12.2 Å². The molecule has 0 amide bonds. The molecule has 1 N–H and O–H groups in total. The largest absolute Gasteiger partial charge is 0.374 e. The Bertz CT molecular complexity index is 331. The second-order valence-corrected chi connectivity index (χ2v) is 5.18. The zero-order valence-electron chi connectivity index (χ0n) is 6.47. The van der Waals surface area contributed by atoms with Gasteiger partial charge in [0.15, 0.2) is 9.84 Å². The molecule has 2 rings (SSSR count). The second-order valence-electron chi connectivity index (χ2n) is 2.98. The highest BCUT2D eigenvalue weighted by atomic mass is 32.2. The van der Waals surface area contributed by atoms with Crippen molar-refractivity contribution < 1.29 is 8.42 Å². The van der Waals surface area contributed by atoms with Crippen LogP contribution in [0.1, 0.15) is 0 Å². The van der Waals surface area contributed by atoms with Crippen LogP contribution in [0.5, 0.6) is 0 Å². The van der Waals surface area contributed by atoms with Crippen molar-refractivity contribution in [3.63, 3.8) is 0 Å². The van der Waals surface area contributed by atoms with Gasteiger partial charge in [-0.3, -0.25) is 4.99 Å². The molecule has 0 bridgehead atoms. The van der Waals surface area contributed by atoms with Crippen LogP contribution < -0.4 is 5.32 Å². The molecular formula is C7H10N2O2S. The Balaban J connectivity index is 2.23. The van der Waals surface area contributed by atoms with E-state index in [4.69, 9.17) is 0 Å². The van der Waals surface area contributed by atoms with Crippen molar-refractivity contribution in [2.24, 2.45) is 4.99 Å². The van der Waals surface area contributed by atoms with E-state index in [2.05, 4.69) is 10.3 Å². The number of hydrogen-bond donors (Lipinski definition) is 1. The Labute approximate surface area is 71.3 Å². The first-order valence-corrected chi connectivity index (χ1v) is 5.55. The zero-order chi connectivity index (χ0) is 8.60. The average Bonchev–Trinajstić information content (AvgIpc) is 2.55. The Hall–Kier alpha value is -0.840. The lowest BCUT2D eigenvalue weighted by molar-refractivity contribution is 0.580. The second kappa shape index (κ2) is 2.58. The molecule has 5 heteroatoms. The van der Waals surface area contributed by atoms with Gasteiger partial charge in [-0.15, -0.1) is 0 Å². The third kappa shape index (κ3) is 1.14. The molecule has 0 aromatic heterocycles. The van der Waals surface area contributed by atoms with E-state index in [-0.39, 0.29) is 11.8 Å². The summed E-state index contributed by atoms with van der Waals surface area (Å²) in [6.07, 6.45) is 5.02. The minimum absolute atomic E-state index is 0.117. The number of nitrogens with zero attached hydrogens (tertiary/aromatic N) is 1. The van der Waals surface area contributed by atoms with E-state index in [1.807, 2.05) is 0 Å². The predicted molar refractivity (Wildman–Crippen MR) is 47.0 cm³/mol. The fourth-order valence-electron chi connectivity index (χ4n) is 1.50. The summed E-state index contributed by atoms with van der Waals surface area (Å²) in [5.41, 5.74) is 0. The molecule has 4 nitrogen and oxygen atoms in total. The van der Waals surface area contributed by atoms with Gasteiger partial charge in [0.1, 0.15) is 5.25 Å². The zero-order valence-corrected chi connectivity index (χ0v) is 7.29. The van der Waals surface area contributed by atoms with Gasteiger partial charge in [0.05, 0.1) is 18.1 Å². The fraction of sp³-hybridized carbons (Fsp3) is 0.571. The van der Waals surface area contributed by atoms with E-state index in [1.54, 1.807) is 18.5 Å². The summed E-state index contributed by atoms with van der Waals surface area (Å²) < 4.78 is 22.8. The van der Waals surface area contributed by atoms with Crippen LogP contribution in [0, 0.1) is 0 Å². The molecule has 0 aromatic carbocycles. The number of nitrogens with one attached hydrogen (secondary N) is 1. The van der Waals surface area contributed by atoms with Crippen LogP contribution >= 0.6 is 0 Å². The topological polar surface area (TPSA) is 58.5 Å². The van der Waals surface area contributed by atoms with Crippen LogP contribution in [-0.4, -0.2) is 38.3 Å². The van der Waals surface area contributed by atoms with Crippen molar-refractivity contribution >= 4 is 16.2 Å². The van der Waals surface area contributed by atoms with E-state index in [1.165, 1.54) is 0 Å². The first-order chi connectivity index (χ1) is 5.70. The maximum absolute atomic E-state index is 11.4. The minimum atomic E-state index is -2.94. The van der Waals surface area contributed by atoms with Crippen molar-refractivity contribution in [3.8, 4) is 0 Å². The summed E-state index contributed by atoms with van der Waals surface area (Å²) in [6, 6.07) is -0.117. The molecule has 0 fully saturated rings. The highest BCUT2D eigenvalue weighted by Crippen LogP contribution is 2.19. The Morgan fingerprint density at radius 2 is 2.33 bits per heavy atom. The average molecular weight is 186 g/mol. The quantitative estimate of drug-likeness (QED) is 0.553. The van der Waals surface area contributed by atoms with Crippen molar-refractivity contribution in [2.45, 2.75) is 11.3 Å². The van der Waals surface area contributed by atoms with Crippen LogP contribution in [0.4, 0.5) is 0 Å². The van der Waals surface area contributed by atoms with Crippen molar-refractivity contribution in [2.75, 3.05) is 12.3 Å². The van der Waals surface area contributed by atoms with Gasteiger partial charge >= 0.3 is 0 Å². The van der Waals surface area contributed by atoms with E-state index in [0.29, 0.717) is 6.54 Å². The fourth-order valence-corrected chi connectivity index (χ4v) is 3.10. The van der Waals surface area contributed by atoms with Gasteiger partial charge in [0, 0.05) is 6.54 Å². The standard InChI is InChI=1S/C7H10N2O2S/c10-12(11)3-1-2-7(12)6-4-8-5-9-6/h1-2,5-7H,3-4H2,(H,8,9). The third-order valence-electron chi connectivity index (χ3n) is 2.13. The molecule has 2 aliphatic heterocycles. The van der Waals surface area contributed by atoms with Crippen LogP contribution in [0.15, 0.2) is 17.1 Å². The molecule has 2 aliphatic rings. The number of aliphatic imine (C=N–C) groups is 1. The summed E-state index contributed by atoms with van der Waals surface area (Å²) >= 11 is 0. The predicted octanol–water partition coefficient (Wildman–Crippen LogP) is -0.660. The van der Waals surface area contributed by atoms with Gasteiger partial charge in [-0.25, -0.2) is 8.42 Å². The molecule has 0 saturated carbocycles. The lowest BCUT2D eigenvalue weighted by Gasteiger charge is -2.12. The molecular weight excluding hydrogens is 176 g/mol. The summed E-state index contributed by atoms with van der Waals surface area (Å²) in [4.78, 5) is 4.05. The third-order valence-corrected chi connectivity index (χ3v) is 4.09. The van der Waals surface area contributed by atoms with E-state index >= 15 is 0 Å². The Kier molecular flexibility index (Phi) is 1.68. The minimum Gasteiger partial charge on any atom is -0.374 e. The van der Waals surface area contributed by atoms with Gasteiger partial charge in [-0.1, -0.05) is 12.2 Å². The molecule has 0 spiro atoms. The molecule has 66 valence electrons. The smallest absolute Gasteiger partial charge is 0.162 e. The molecule has 0 aromatic rings. The molecule has 0 aliphatic carbocycles. The van der Waals surface area contributed by atoms with E-state index < -0.39 is 15.1 Å². The van der Waals surface area contributed by atoms with Gasteiger partial charge < -0.3 is 5.32 Å². The van der Waals surface area contributed by atoms with Gasteiger partial charge in [0.25, 0.3) is 0 Å². The maximum atomic E-state index is 11.4. The Morgan fingerprint density at radius 1 is 1.50 bits per heavy atom. The monoisotopic (exact) mass is 186 g/mol. The Morgan fingerprint density at radius 3 is 2.83 bits per heavy atom. The summed E-state index contributed by atoms with van der Waals surface area (Å²) in [6.45, 7) is 0.633. The molecule has 0 saturated heterocycles. The lowest BCUT2D eigenvalue weighted by atomic mass is 10.2. The first-order valence-electron chi connectivity index (χ1n) is 3.83. The molecule has 12 heavy (non-hydrogen) atoms. The van der Waals surface area contributed by atoms with E-state index in [9.17, 15) is 8.42 Å². The molecule has 2 atom stereocenters. The van der Waals surface area contributed by atoms with Gasteiger partial charge in [-0.05, 0) is 0 Å². The summed E-state index contributed by atoms with van der Waals surface area (Å²) in [7, 11) is -2.94. The first kappa shape index (κ1) is 7.79. The van der Waals surface area contributed by atoms with Crippen molar-refractivity contribution in [1.29, 1.82) is 0 Å². The van der Waals surface area contributed by atoms with Crippen LogP contribution in [-0.2, 0) is 9.84 Å². The van der Waals surface area contributed by atoms with Crippen LogP contribution in [0.25, 0.3) is 0 Å². The number of hydrogen-bond acceptors (Lipinski definition) is 4. The molecule has 2 heterocycles. The highest BCUT2D eigenvalue weighted by Gasteiger charge is 2.34. The SMILES string of the molecule is O=S1(=O)CC=CC1C1CNC=N1. The summed E-state index contributed by atoms with van der Waals surface area (Å²) in [5, 5.41) is 2.50. The van der Waals surface area contributed by atoms with Crippen LogP contribution in [0.2, 0.25) is 0 Å². The van der Waals surface area contributed by atoms with Gasteiger partial charge in [-0.2, -0.15) is 0 Å². The normalized spacial score (nSPS) is 37.0. The number of rotatable bonds is 1. The van der Waals surface area contributed by atoms with E-state index in [0.717, 1.165) is 0 Å². The van der Waals surface area contributed by atoms with Crippen molar-refractivity contribution in [1.82, 2.24) is 5.32 Å². The molecule has 2 unspecified atom stereocenters. The summed E-state index contributed by atoms with van der Waals surface area (Å²) in [5.74, 6) is 0.170. The highest BCUT2D eigenvalue weighted by molar-refractivity contribution is 7.92. The number of sulfone groups is 1. The van der Waals surface area contributed by atoms with Gasteiger partial charge in [0.2, 0.25) is 0 Å². The maximum Gasteiger partial charge on any atom is 0.162 e.